The Morgan fingerprint density at radius 1 is 0.933 bits per heavy atom. The van der Waals surface area contributed by atoms with Gasteiger partial charge < -0.3 is 10.1 Å². The standard InChI is InChI=1S/C22H19N3O4S/c1-14-5-3-6-15(2)19(14)24-20(26)21(27)25-23-13-16-8-10-17(11-9-16)29-22(28)18-7-4-12-30-18/h3-13H,1-2H3,(H,24,26)(H,25,27)/b23-13+. The highest BCUT2D eigenvalue weighted by Gasteiger charge is 2.15. The number of aryl methyl sites for hydroxylation is 2. The maximum Gasteiger partial charge on any atom is 0.353 e. The predicted octanol–water partition coefficient (Wildman–Crippen LogP) is 3.67. The number of rotatable bonds is 5. The quantitative estimate of drug-likeness (QED) is 0.216. The molecule has 0 unspecified atom stereocenters. The van der Waals surface area contributed by atoms with Crippen LogP contribution in [0.15, 0.2) is 65.1 Å². The number of amides is 2. The number of carbonyl (C=O) groups is 3. The Balaban J connectivity index is 1.52. The minimum Gasteiger partial charge on any atom is -0.422 e. The Morgan fingerprint density at radius 2 is 1.63 bits per heavy atom. The number of benzene rings is 2. The summed E-state index contributed by atoms with van der Waals surface area (Å²) in [5.41, 5.74) is 5.17. The molecule has 0 saturated carbocycles. The highest BCUT2D eigenvalue weighted by Crippen LogP contribution is 2.19. The molecule has 152 valence electrons. The summed E-state index contributed by atoms with van der Waals surface area (Å²) in [6, 6.07) is 15.6. The lowest BCUT2D eigenvalue weighted by Gasteiger charge is -2.10. The lowest BCUT2D eigenvalue weighted by Crippen LogP contribution is -2.32. The number of para-hydroxylation sites is 1. The van der Waals surface area contributed by atoms with E-state index >= 15 is 0 Å². The summed E-state index contributed by atoms with van der Waals surface area (Å²) >= 11 is 1.30. The van der Waals surface area contributed by atoms with Crippen LogP contribution in [0.5, 0.6) is 5.75 Å². The molecule has 0 atom stereocenters. The molecule has 2 amide bonds. The molecular weight excluding hydrogens is 402 g/mol. The number of nitrogens with zero attached hydrogens (tertiary/aromatic N) is 1. The van der Waals surface area contributed by atoms with Crippen molar-refractivity contribution in [2.45, 2.75) is 13.8 Å². The van der Waals surface area contributed by atoms with Crippen molar-refractivity contribution in [3.05, 3.63) is 81.5 Å². The maximum atomic E-state index is 12.1. The van der Waals surface area contributed by atoms with Gasteiger partial charge in [-0.25, -0.2) is 10.2 Å². The second-order valence-corrected chi connectivity index (χ2v) is 7.30. The first-order chi connectivity index (χ1) is 14.4. The van der Waals surface area contributed by atoms with Crippen LogP contribution >= 0.6 is 11.3 Å². The Hall–Kier alpha value is -3.78. The monoisotopic (exact) mass is 421 g/mol. The number of ether oxygens (including phenoxy) is 1. The summed E-state index contributed by atoms with van der Waals surface area (Å²) in [6.07, 6.45) is 1.38. The third-order valence-corrected chi connectivity index (χ3v) is 4.97. The fraction of sp³-hybridized carbons (Fsp3) is 0.0909. The van der Waals surface area contributed by atoms with Crippen LogP contribution in [0.2, 0.25) is 0 Å². The average molecular weight is 421 g/mol. The van der Waals surface area contributed by atoms with Gasteiger partial charge in [0.25, 0.3) is 0 Å². The smallest absolute Gasteiger partial charge is 0.353 e. The lowest BCUT2D eigenvalue weighted by atomic mass is 10.1. The lowest BCUT2D eigenvalue weighted by molar-refractivity contribution is -0.136. The van der Waals surface area contributed by atoms with Gasteiger partial charge in [0.1, 0.15) is 10.6 Å². The van der Waals surface area contributed by atoms with Crippen LogP contribution in [-0.4, -0.2) is 24.0 Å². The number of carbonyl (C=O) groups excluding carboxylic acids is 3. The molecule has 7 nitrogen and oxygen atoms in total. The van der Waals surface area contributed by atoms with Crippen molar-refractivity contribution in [3.8, 4) is 5.75 Å². The van der Waals surface area contributed by atoms with E-state index in [2.05, 4.69) is 15.8 Å². The van der Waals surface area contributed by atoms with Crippen LogP contribution in [0.1, 0.15) is 26.4 Å². The van der Waals surface area contributed by atoms with Gasteiger partial charge in [-0.15, -0.1) is 11.3 Å². The molecule has 0 fully saturated rings. The van der Waals surface area contributed by atoms with Gasteiger partial charge in [0, 0.05) is 5.69 Å². The van der Waals surface area contributed by atoms with E-state index in [0.717, 1.165) is 11.1 Å². The van der Waals surface area contributed by atoms with Crippen molar-refractivity contribution >= 4 is 41.0 Å². The van der Waals surface area contributed by atoms with E-state index in [1.54, 1.807) is 41.8 Å². The molecule has 3 rings (SSSR count). The molecule has 0 radical (unpaired) electrons. The molecule has 2 N–H and O–H groups in total. The minimum absolute atomic E-state index is 0.391. The number of anilines is 1. The van der Waals surface area contributed by atoms with Crippen molar-refractivity contribution in [1.29, 1.82) is 0 Å². The van der Waals surface area contributed by atoms with Gasteiger partial charge in [0.05, 0.1) is 6.21 Å². The first-order valence-corrected chi connectivity index (χ1v) is 9.88. The van der Waals surface area contributed by atoms with E-state index in [0.29, 0.717) is 21.9 Å². The topological polar surface area (TPSA) is 96.9 Å². The number of esters is 1. The first-order valence-electron chi connectivity index (χ1n) is 9.00. The summed E-state index contributed by atoms with van der Waals surface area (Å²) < 4.78 is 5.27. The van der Waals surface area contributed by atoms with E-state index in [1.807, 2.05) is 32.0 Å². The van der Waals surface area contributed by atoms with E-state index in [-0.39, 0.29) is 0 Å². The van der Waals surface area contributed by atoms with Crippen molar-refractivity contribution in [2.24, 2.45) is 5.10 Å². The first kappa shape index (κ1) is 20.9. The van der Waals surface area contributed by atoms with Gasteiger partial charge in [-0.2, -0.15) is 5.10 Å². The summed E-state index contributed by atoms with van der Waals surface area (Å²) in [4.78, 5) is 36.5. The van der Waals surface area contributed by atoms with Crippen molar-refractivity contribution in [1.82, 2.24) is 5.43 Å². The Labute approximate surface area is 177 Å². The van der Waals surface area contributed by atoms with Gasteiger partial charge in [0.2, 0.25) is 0 Å². The molecule has 30 heavy (non-hydrogen) atoms. The molecule has 0 saturated heterocycles. The Bertz CT molecular complexity index is 1070. The zero-order valence-electron chi connectivity index (χ0n) is 16.3. The van der Waals surface area contributed by atoms with Crippen LogP contribution < -0.4 is 15.5 Å². The fourth-order valence-electron chi connectivity index (χ4n) is 2.57. The fourth-order valence-corrected chi connectivity index (χ4v) is 3.17. The molecule has 2 aromatic carbocycles. The number of hydrogen-bond donors (Lipinski definition) is 2. The minimum atomic E-state index is -0.879. The molecule has 3 aromatic rings. The second kappa shape index (κ2) is 9.62. The molecule has 0 aliphatic heterocycles. The van der Waals surface area contributed by atoms with E-state index in [1.165, 1.54) is 17.6 Å². The summed E-state index contributed by atoms with van der Waals surface area (Å²) in [5.74, 6) is -1.72. The SMILES string of the molecule is Cc1cccc(C)c1NC(=O)C(=O)N/N=C/c1ccc(OC(=O)c2cccs2)cc1. The molecule has 0 spiro atoms. The summed E-state index contributed by atoms with van der Waals surface area (Å²) in [7, 11) is 0. The van der Waals surface area contributed by atoms with Gasteiger partial charge in [-0.3, -0.25) is 9.59 Å². The molecule has 0 aliphatic carbocycles. The van der Waals surface area contributed by atoms with Crippen LogP contribution in [-0.2, 0) is 9.59 Å². The van der Waals surface area contributed by atoms with Crippen LogP contribution in [0.4, 0.5) is 5.69 Å². The van der Waals surface area contributed by atoms with Crippen LogP contribution in [0, 0.1) is 13.8 Å². The maximum absolute atomic E-state index is 12.1. The second-order valence-electron chi connectivity index (χ2n) is 6.36. The van der Waals surface area contributed by atoms with Gasteiger partial charge in [-0.05, 0) is 66.2 Å². The molecule has 0 bridgehead atoms. The number of nitrogens with one attached hydrogen (secondary N) is 2. The summed E-state index contributed by atoms with van der Waals surface area (Å²) in [5, 5.41) is 8.18. The zero-order valence-corrected chi connectivity index (χ0v) is 17.2. The third-order valence-electron chi connectivity index (χ3n) is 4.12. The molecule has 0 aliphatic rings. The number of thiophene rings is 1. The van der Waals surface area contributed by atoms with Crippen LogP contribution in [0.3, 0.4) is 0 Å². The summed E-state index contributed by atoms with van der Waals surface area (Å²) in [6.45, 7) is 3.69. The molecule has 1 aromatic heterocycles. The number of hydrogen-bond acceptors (Lipinski definition) is 6. The zero-order chi connectivity index (χ0) is 21.5. The number of hydrazone groups is 1. The van der Waals surface area contributed by atoms with E-state index in [9.17, 15) is 14.4 Å². The normalized spacial score (nSPS) is 10.6. The molecule has 1 heterocycles. The molecular formula is C22H19N3O4S. The van der Waals surface area contributed by atoms with Crippen molar-refractivity contribution in [3.63, 3.8) is 0 Å². The van der Waals surface area contributed by atoms with Crippen LogP contribution in [0.25, 0.3) is 0 Å². The Kier molecular flexibility index (Phi) is 6.71. The highest BCUT2D eigenvalue weighted by molar-refractivity contribution is 7.12. The average Bonchev–Trinajstić information content (AvgIpc) is 3.27. The highest BCUT2D eigenvalue weighted by atomic mass is 32.1. The molecule has 8 heteroatoms. The van der Waals surface area contributed by atoms with E-state index in [4.69, 9.17) is 4.74 Å². The van der Waals surface area contributed by atoms with Gasteiger partial charge in [0.15, 0.2) is 0 Å². The van der Waals surface area contributed by atoms with Gasteiger partial charge >= 0.3 is 17.8 Å². The van der Waals surface area contributed by atoms with Crippen molar-refractivity contribution < 1.29 is 19.1 Å². The largest absolute Gasteiger partial charge is 0.422 e. The van der Waals surface area contributed by atoms with Gasteiger partial charge in [-0.1, -0.05) is 24.3 Å². The van der Waals surface area contributed by atoms with E-state index < -0.39 is 17.8 Å². The Morgan fingerprint density at radius 3 is 2.27 bits per heavy atom. The predicted molar refractivity (Wildman–Crippen MR) is 116 cm³/mol. The van der Waals surface area contributed by atoms with Crippen molar-refractivity contribution in [2.75, 3.05) is 5.32 Å². The third kappa shape index (κ3) is 5.39.